The van der Waals surface area contributed by atoms with Gasteiger partial charge >= 0.3 is 0 Å². The van der Waals surface area contributed by atoms with Gasteiger partial charge in [0.2, 0.25) is 5.91 Å². The molecule has 0 saturated carbocycles. The van der Waals surface area contributed by atoms with Crippen molar-refractivity contribution in [2.75, 3.05) is 5.32 Å². The molecule has 0 aliphatic heterocycles. The van der Waals surface area contributed by atoms with Crippen LogP contribution in [0, 0.1) is 0 Å². The Bertz CT molecular complexity index is 800. The van der Waals surface area contributed by atoms with Crippen LogP contribution in [0.15, 0.2) is 45.3 Å². The molecule has 0 radical (unpaired) electrons. The largest absolute Gasteiger partial charge is 0.456 e. The molecule has 3 aromatic rings. The molecule has 1 amide bonds. The van der Waals surface area contributed by atoms with Gasteiger partial charge in [0.05, 0.1) is 6.42 Å². The standard InChI is InChI=1S/C18H19N3O3/c1-3-12-10-15(23-14(12)4-2)18-20-16(21-24-18)11-17(22)19-13-8-6-5-7-9-13/h5-10H,3-4,11H2,1-2H3,(H,19,22). The molecule has 2 heterocycles. The van der Waals surface area contributed by atoms with E-state index >= 15 is 0 Å². The highest BCUT2D eigenvalue weighted by atomic mass is 16.5. The Kier molecular flexibility index (Phi) is 4.74. The van der Waals surface area contributed by atoms with Crippen molar-refractivity contribution in [3.8, 4) is 11.7 Å². The zero-order chi connectivity index (χ0) is 16.9. The number of carbonyl (C=O) groups is 1. The van der Waals surface area contributed by atoms with E-state index in [1.54, 1.807) is 0 Å². The number of para-hydroxylation sites is 1. The fraction of sp³-hybridized carbons (Fsp3) is 0.278. The fourth-order valence-corrected chi connectivity index (χ4v) is 2.47. The Hall–Kier alpha value is -2.89. The quantitative estimate of drug-likeness (QED) is 0.748. The van der Waals surface area contributed by atoms with Gasteiger partial charge in [0.25, 0.3) is 5.89 Å². The lowest BCUT2D eigenvalue weighted by Gasteiger charge is -2.01. The molecule has 6 heteroatoms. The lowest BCUT2D eigenvalue weighted by Crippen LogP contribution is -2.15. The molecule has 3 rings (SSSR count). The zero-order valence-corrected chi connectivity index (χ0v) is 13.7. The first-order valence-electron chi connectivity index (χ1n) is 7.99. The number of furan rings is 1. The van der Waals surface area contributed by atoms with Crippen LogP contribution in [-0.2, 0) is 24.1 Å². The van der Waals surface area contributed by atoms with Gasteiger partial charge in [0, 0.05) is 12.1 Å². The van der Waals surface area contributed by atoms with Gasteiger partial charge in [-0.3, -0.25) is 4.79 Å². The maximum Gasteiger partial charge on any atom is 0.293 e. The van der Waals surface area contributed by atoms with E-state index in [0.29, 0.717) is 17.5 Å². The number of carbonyl (C=O) groups excluding carboxylic acids is 1. The molecule has 124 valence electrons. The van der Waals surface area contributed by atoms with Crippen molar-refractivity contribution in [2.45, 2.75) is 33.1 Å². The van der Waals surface area contributed by atoms with Gasteiger partial charge in [-0.15, -0.1) is 0 Å². The second kappa shape index (κ2) is 7.12. The molecule has 0 aliphatic carbocycles. The van der Waals surface area contributed by atoms with Crippen molar-refractivity contribution in [3.05, 3.63) is 53.5 Å². The summed E-state index contributed by atoms with van der Waals surface area (Å²) in [5.74, 6) is 1.90. The number of amides is 1. The number of nitrogens with one attached hydrogen (secondary N) is 1. The Balaban J connectivity index is 1.69. The highest BCUT2D eigenvalue weighted by Gasteiger charge is 2.17. The molecule has 0 aliphatic rings. The third-order valence-corrected chi connectivity index (χ3v) is 3.65. The topological polar surface area (TPSA) is 81.2 Å². The zero-order valence-electron chi connectivity index (χ0n) is 13.7. The summed E-state index contributed by atoms with van der Waals surface area (Å²) in [4.78, 5) is 16.3. The van der Waals surface area contributed by atoms with Crippen molar-refractivity contribution >= 4 is 11.6 Å². The highest BCUT2D eigenvalue weighted by molar-refractivity contribution is 5.91. The van der Waals surface area contributed by atoms with E-state index in [1.807, 2.05) is 43.3 Å². The molecule has 0 unspecified atom stereocenters. The van der Waals surface area contributed by atoms with Gasteiger partial charge in [-0.25, -0.2) is 0 Å². The predicted molar refractivity (Wildman–Crippen MR) is 89.5 cm³/mol. The fourth-order valence-electron chi connectivity index (χ4n) is 2.47. The number of anilines is 1. The van der Waals surface area contributed by atoms with Crippen LogP contribution < -0.4 is 5.32 Å². The van der Waals surface area contributed by atoms with Crippen LogP contribution in [0.5, 0.6) is 0 Å². The van der Waals surface area contributed by atoms with Crippen LogP contribution in [0.1, 0.15) is 31.0 Å². The lowest BCUT2D eigenvalue weighted by atomic mass is 10.1. The first-order valence-corrected chi connectivity index (χ1v) is 7.99. The molecule has 0 atom stereocenters. The predicted octanol–water partition coefficient (Wildman–Crippen LogP) is 3.64. The number of nitrogens with zero attached hydrogens (tertiary/aromatic N) is 2. The maximum absolute atomic E-state index is 12.0. The summed E-state index contributed by atoms with van der Waals surface area (Å²) >= 11 is 0. The number of hydrogen-bond donors (Lipinski definition) is 1. The summed E-state index contributed by atoms with van der Waals surface area (Å²) in [5, 5.41) is 6.64. The average molecular weight is 325 g/mol. The monoisotopic (exact) mass is 325 g/mol. The van der Waals surface area contributed by atoms with Crippen LogP contribution >= 0.6 is 0 Å². The van der Waals surface area contributed by atoms with Crippen molar-refractivity contribution in [2.24, 2.45) is 0 Å². The first kappa shape index (κ1) is 16.0. The van der Waals surface area contributed by atoms with E-state index in [0.717, 1.165) is 29.9 Å². The van der Waals surface area contributed by atoms with E-state index in [9.17, 15) is 4.79 Å². The normalized spacial score (nSPS) is 10.8. The highest BCUT2D eigenvalue weighted by Crippen LogP contribution is 2.25. The number of aryl methyl sites for hydroxylation is 2. The molecule has 1 aromatic carbocycles. The number of hydrogen-bond acceptors (Lipinski definition) is 5. The summed E-state index contributed by atoms with van der Waals surface area (Å²) in [5.41, 5.74) is 1.87. The molecule has 24 heavy (non-hydrogen) atoms. The third-order valence-electron chi connectivity index (χ3n) is 3.65. The number of benzene rings is 1. The Labute approximate surface area is 139 Å². The van der Waals surface area contributed by atoms with E-state index in [4.69, 9.17) is 8.94 Å². The SMILES string of the molecule is CCc1cc(-c2nc(CC(=O)Nc3ccccc3)no2)oc1CC. The summed E-state index contributed by atoms with van der Waals surface area (Å²) in [6, 6.07) is 11.2. The Morgan fingerprint density at radius 2 is 1.96 bits per heavy atom. The average Bonchev–Trinajstić information content (AvgIpc) is 3.21. The molecular formula is C18H19N3O3. The summed E-state index contributed by atoms with van der Waals surface area (Å²) < 4.78 is 11.0. The Morgan fingerprint density at radius 1 is 1.17 bits per heavy atom. The summed E-state index contributed by atoms with van der Waals surface area (Å²) in [7, 11) is 0. The molecule has 6 nitrogen and oxygen atoms in total. The molecule has 0 saturated heterocycles. The van der Waals surface area contributed by atoms with Gasteiger partial charge in [-0.05, 0) is 30.2 Å². The second-order valence-electron chi connectivity index (χ2n) is 5.37. The Morgan fingerprint density at radius 3 is 2.62 bits per heavy atom. The van der Waals surface area contributed by atoms with Crippen LogP contribution in [-0.4, -0.2) is 16.0 Å². The number of aromatic nitrogens is 2. The second-order valence-corrected chi connectivity index (χ2v) is 5.37. The molecule has 0 fully saturated rings. The van der Waals surface area contributed by atoms with E-state index in [-0.39, 0.29) is 12.3 Å². The number of rotatable bonds is 6. The minimum Gasteiger partial charge on any atom is -0.456 e. The third kappa shape index (κ3) is 3.53. The van der Waals surface area contributed by atoms with Gasteiger partial charge in [0.1, 0.15) is 5.76 Å². The van der Waals surface area contributed by atoms with E-state index < -0.39 is 0 Å². The molecule has 2 aromatic heterocycles. The maximum atomic E-state index is 12.0. The van der Waals surface area contributed by atoms with Gasteiger partial charge in [0.15, 0.2) is 11.6 Å². The van der Waals surface area contributed by atoms with Crippen molar-refractivity contribution in [1.82, 2.24) is 10.1 Å². The van der Waals surface area contributed by atoms with Gasteiger partial charge in [-0.1, -0.05) is 37.2 Å². The summed E-state index contributed by atoms with van der Waals surface area (Å²) in [6.45, 7) is 4.11. The summed E-state index contributed by atoms with van der Waals surface area (Å²) in [6.07, 6.45) is 1.73. The minimum atomic E-state index is -0.198. The smallest absolute Gasteiger partial charge is 0.293 e. The lowest BCUT2D eigenvalue weighted by molar-refractivity contribution is -0.115. The molecule has 1 N–H and O–H groups in total. The van der Waals surface area contributed by atoms with Crippen molar-refractivity contribution in [1.29, 1.82) is 0 Å². The molecular weight excluding hydrogens is 306 g/mol. The van der Waals surface area contributed by atoms with E-state index in [1.165, 1.54) is 0 Å². The van der Waals surface area contributed by atoms with Crippen LogP contribution in [0.4, 0.5) is 5.69 Å². The van der Waals surface area contributed by atoms with Crippen LogP contribution in [0.2, 0.25) is 0 Å². The van der Waals surface area contributed by atoms with E-state index in [2.05, 4.69) is 22.4 Å². The van der Waals surface area contributed by atoms with Crippen LogP contribution in [0.25, 0.3) is 11.7 Å². The first-order chi connectivity index (χ1) is 11.7. The minimum absolute atomic E-state index is 0.0420. The molecule has 0 bridgehead atoms. The van der Waals surface area contributed by atoms with Crippen molar-refractivity contribution < 1.29 is 13.7 Å². The van der Waals surface area contributed by atoms with Crippen LogP contribution in [0.3, 0.4) is 0 Å². The van der Waals surface area contributed by atoms with Gasteiger partial charge < -0.3 is 14.3 Å². The van der Waals surface area contributed by atoms with Gasteiger partial charge in [-0.2, -0.15) is 4.98 Å². The van der Waals surface area contributed by atoms with Crippen molar-refractivity contribution in [3.63, 3.8) is 0 Å². The molecule has 0 spiro atoms.